The molecule has 4 rings (SSSR count). The predicted molar refractivity (Wildman–Crippen MR) is 133 cm³/mol. The Bertz CT molecular complexity index is 1550. The highest BCUT2D eigenvalue weighted by molar-refractivity contribution is 7.07. The molecule has 3 aromatic rings. The molecule has 186 valence electrons. The standard InChI is InChI=1S/C25H23N3O7S/c1-5-35-24(30)21-14(2)26-25-27(22(21)15-9-7-6-8-10-15)23(29)20(36-25)12-16-11-17(28(31)32)19(34-4)13-18(16)33-3/h6-13,22H,5H2,1-4H3/b20-12-/t22-/m0/s1. The minimum Gasteiger partial charge on any atom is -0.496 e. The largest absolute Gasteiger partial charge is 0.496 e. The zero-order chi connectivity index (χ0) is 26.0. The van der Waals surface area contributed by atoms with Crippen molar-refractivity contribution in [2.45, 2.75) is 19.9 Å². The third-order valence-corrected chi connectivity index (χ3v) is 6.63. The lowest BCUT2D eigenvalue weighted by Crippen LogP contribution is -2.39. The van der Waals surface area contributed by atoms with E-state index in [-0.39, 0.29) is 28.1 Å². The van der Waals surface area contributed by atoms with E-state index >= 15 is 0 Å². The van der Waals surface area contributed by atoms with Crippen LogP contribution in [-0.2, 0) is 9.53 Å². The van der Waals surface area contributed by atoms with Crippen LogP contribution >= 0.6 is 11.3 Å². The SMILES string of the molecule is CCOC(=O)C1=C(C)N=c2s/c(=C\c3cc([N+](=O)[O-])c(OC)cc3OC)c(=O)n2[C@H]1c1ccccc1. The summed E-state index contributed by atoms with van der Waals surface area (Å²) in [5, 5.41) is 11.5. The van der Waals surface area contributed by atoms with Gasteiger partial charge in [-0.3, -0.25) is 19.5 Å². The second-order valence-electron chi connectivity index (χ2n) is 7.74. The Morgan fingerprint density at radius 2 is 1.89 bits per heavy atom. The van der Waals surface area contributed by atoms with Gasteiger partial charge in [0.15, 0.2) is 4.80 Å². The second kappa shape index (κ2) is 10.2. The number of carbonyl (C=O) groups excluding carboxylic acids is 1. The maximum absolute atomic E-state index is 13.7. The molecule has 2 heterocycles. The molecule has 0 bridgehead atoms. The number of ether oxygens (including phenoxy) is 3. The van der Waals surface area contributed by atoms with Gasteiger partial charge < -0.3 is 14.2 Å². The zero-order valence-electron chi connectivity index (χ0n) is 20.0. The summed E-state index contributed by atoms with van der Waals surface area (Å²) in [6, 6.07) is 11.1. The van der Waals surface area contributed by atoms with Gasteiger partial charge in [0.25, 0.3) is 5.56 Å². The average Bonchev–Trinajstić information content (AvgIpc) is 3.17. The summed E-state index contributed by atoms with van der Waals surface area (Å²) in [4.78, 5) is 42.5. The smallest absolute Gasteiger partial charge is 0.338 e. The van der Waals surface area contributed by atoms with Crippen LogP contribution in [0.15, 0.2) is 63.5 Å². The molecule has 10 nitrogen and oxygen atoms in total. The van der Waals surface area contributed by atoms with E-state index in [1.54, 1.807) is 13.8 Å². The van der Waals surface area contributed by atoms with E-state index in [2.05, 4.69) is 4.99 Å². The van der Waals surface area contributed by atoms with Crippen molar-refractivity contribution in [3.63, 3.8) is 0 Å². The fourth-order valence-electron chi connectivity index (χ4n) is 4.05. The molecule has 11 heteroatoms. The van der Waals surface area contributed by atoms with Crippen LogP contribution in [0.5, 0.6) is 11.5 Å². The molecule has 0 spiro atoms. The first-order chi connectivity index (χ1) is 17.3. The quantitative estimate of drug-likeness (QED) is 0.273. The lowest BCUT2D eigenvalue weighted by atomic mass is 9.96. The van der Waals surface area contributed by atoms with Crippen molar-refractivity contribution in [1.29, 1.82) is 0 Å². The topological polar surface area (TPSA) is 122 Å². The summed E-state index contributed by atoms with van der Waals surface area (Å²) >= 11 is 1.11. The van der Waals surface area contributed by atoms with Gasteiger partial charge in [0.05, 0.1) is 47.6 Å². The number of thiazole rings is 1. The van der Waals surface area contributed by atoms with Gasteiger partial charge in [-0.2, -0.15) is 0 Å². The number of benzene rings is 2. The molecule has 0 N–H and O–H groups in total. The molecule has 1 aromatic heterocycles. The number of carbonyl (C=O) groups is 1. The Labute approximate surface area is 209 Å². The van der Waals surface area contributed by atoms with Crippen molar-refractivity contribution in [3.8, 4) is 11.5 Å². The number of nitro groups is 1. The maximum atomic E-state index is 13.7. The first-order valence-corrected chi connectivity index (χ1v) is 11.8. The summed E-state index contributed by atoms with van der Waals surface area (Å²) in [5.74, 6) is -0.213. The van der Waals surface area contributed by atoms with Crippen molar-refractivity contribution < 1.29 is 23.9 Å². The van der Waals surface area contributed by atoms with Gasteiger partial charge in [0.1, 0.15) is 5.75 Å². The van der Waals surface area contributed by atoms with Crippen molar-refractivity contribution >= 4 is 29.1 Å². The number of methoxy groups -OCH3 is 2. The molecule has 1 aliphatic heterocycles. The summed E-state index contributed by atoms with van der Waals surface area (Å²) in [6.45, 7) is 3.59. The molecular formula is C25H23N3O7S. The van der Waals surface area contributed by atoms with E-state index < -0.39 is 22.5 Å². The lowest BCUT2D eigenvalue weighted by Gasteiger charge is -2.24. The van der Waals surface area contributed by atoms with Crippen molar-refractivity contribution in [3.05, 3.63) is 94.7 Å². The van der Waals surface area contributed by atoms with Crippen LogP contribution in [0, 0.1) is 10.1 Å². The fraction of sp³-hybridized carbons (Fsp3) is 0.240. The number of hydrogen-bond donors (Lipinski definition) is 0. The van der Waals surface area contributed by atoms with E-state index in [1.165, 1.54) is 37.0 Å². The maximum Gasteiger partial charge on any atom is 0.338 e. The summed E-state index contributed by atoms with van der Waals surface area (Å²) in [6.07, 6.45) is 1.51. The van der Waals surface area contributed by atoms with Crippen LogP contribution < -0.4 is 24.4 Å². The highest BCUT2D eigenvalue weighted by Crippen LogP contribution is 2.35. The third-order valence-electron chi connectivity index (χ3n) is 5.65. The number of aromatic nitrogens is 1. The lowest BCUT2D eigenvalue weighted by molar-refractivity contribution is -0.385. The van der Waals surface area contributed by atoms with Gasteiger partial charge in [0.2, 0.25) is 5.75 Å². The first-order valence-electron chi connectivity index (χ1n) is 11.0. The Hall–Kier alpha value is -4.25. The number of fused-ring (bicyclic) bond motifs is 1. The average molecular weight is 510 g/mol. The monoisotopic (exact) mass is 509 g/mol. The van der Waals surface area contributed by atoms with Crippen LogP contribution in [-0.4, -0.2) is 36.3 Å². The number of rotatable bonds is 7. The van der Waals surface area contributed by atoms with Crippen molar-refractivity contribution in [2.24, 2.45) is 4.99 Å². The van der Waals surface area contributed by atoms with E-state index in [1.807, 2.05) is 30.3 Å². The number of allylic oxidation sites excluding steroid dienone is 1. The molecule has 0 aliphatic carbocycles. The van der Waals surface area contributed by atoms with Crippen LogP contribution in [0.4, 0.5) is 5.69 Å². The molecular weight excluding hydrogens is 486 g/mol. The van der Waals surface area contributed by atoms with Gasteiger partial charge in [-0.05, 0) is 25.5 Å². The molecule has 36 heavy (non-hydrogen) atoms. The molecule has 1 atom stereocenters. The summed E-state index contributed by atoms with van der Waals surface area (Å²) in [5.41, 5.74) is 1.11. The van der Waals surface area contributed by atoms with E-state index in [4.69, 9.17) is 14.2 Å². The van der Waals surface area contributed by atoms with Crippen LogP contribution in [0.3, 0.4) is 0 Å². The molecule has 0 radical (unpaired) electrons. The Morgan fingerprint density at radius 1 is 1.19 bits per heavy atom. The predicted octanol–water partition coefficient (Wildman–Crippen LogP) is 2.72. The normalized spacial score (nSPS) is 15.2. The highest BCUT2D eigenvalue weighted by atomic mass is 32.1. The number of esters is 1. The third kappa shape index (κ3) is 4.40. The Kier molecular flexibility index (Phi) is 7.02. The van der Waals surface area contributed by atoms with E-state index in [9.17, 15) is 19.7 Å². The molecule has 1 aliphatic rings. The Balaban J connectivity index is 1.97. The van der Waals surface area contributed by atoms with Gasteiger partial charge in [-0.1, -0.05) is 41.7 Å². The number of hydrogen-bond acceptors (Lipinski definition) is 9. The second-order valence-corrected chi connectivity index (χ2v) is 8.75. The van der Waals surface area contributed by atoms with Gasteiger partial charge >= 0.3 is 11.7 Å². The van der Waals surface area contributed by atoms with Crippen molar-refractivity contribution in [2.75, 3.05) is 20.8 Å². The molecule has 0 unspecified atom stereocenters. The highest BCUT2D eigenvalue weighted by Gasteiger charge is 2.33. The van der Waals surface area contributed by atoms with Crippen LogP contribution in [0.1, 0.15) is 31.0 Å². The van der Waals surface area contributed by atoms with E-state index in [0.29, 0.717) is 21.8 Å². The van der Waals surface area contributed by atoms with Gasteiger partial charge in [0, 0.05) is 17.7 Å². The number of nitro benzene ring substituents is 1. The number of nitrogens with zero attached hydrogens (tertiary/aromatic N) is 3. The molecule has 2 aromatic carbocycles. The fourth-order valence-corrected chi connectivity index (χ4v) is 5.08. The van der Waals surface area contributed by atoms with Crippen LogP contribution in [0.25, 0.3) is 6.08 Å². The van der Waals surface area contributed by atoms with Gasteiger partial charge in [-0.15, -0.1) is 0 Å². The minimum atomic E-state index is -0.740. The Morgan fingerprint density at radius 3 is 2.50 bits per heavy atom. The van der Waals surface area contributed by atoms with Gasteiger partial charge in [-0.25, -0.2) is 9.79 Å². The first kappa shape index (κ1) is 24.9. The van der Waals surface area contributed by atoms with E-state index in [0.717, 1.165) is 16.9 Å². The molecule has 0 fully saturated rings. The molecule has 0 amide bonds. The summed E-state index contributed by atoms with van der Waals surface area (Å²) < 4.78 is 17.5. The summed E-state index contributed by atoms with van der Waals surface area (Å²) in [7, 11) is 2.75. The van der Waals surface area contributed by atoms with Crippen LogP contribution in [0.2, 0.25) is 0 Å². The molecule has 0 saturated carbocycles. The minimum absolute atomic E-state index is 0.0363. The molecule has 0 saturated heterocycles. The zero-order valence-corrected chi connectivity index (χ0v) is 20.8. The van der Waals surface area contributed by atoms with Crippen molar-refractivity contribution in [1.82, 2.24) is 4.57 Å².